The number of hydrogen-bond donors (Lipinski definition) is 1. The minimum absolute atomic E-state index is 0.0533. The fraction of sp³-hybridized carbons (Fsp3) is 0.278. The van der Waals surface area contributed by atoms with E-state index in [1.807, 2.05) is 0 Å². The zero-order valence-corrected chi connectivity index (χ0v) is 15.3. The summed E-state index contributed by atoms with van der Waals surface area (Å²) in [6.07, 6.45) is 0. The summed E-state index contributed by atoms with van der Waals surface area (Å²) in [6.45, 7) is 0.790. The molecule has 1 aliphatic heterocycles. The Morgan fingerprint density at radius 2 is 2.00 bits per heavy atom. The second-order valence-electron chi connectivity index (χ2n) is 6.20. The summed E-state index contributed by atoms with van der Waals surface area (Å²) in [7, 11) is -1.34. The van der Waals surface area contributed by atoms with Crippen molar-refractivity contribution < 1.29 is 18.4 Å². The van der Waals surface area contributed by atoms with Gasteiger partial charge in [-0.3, -0.25) is 0 Å². The van der Waals surface area contributed by atoms with Crippen molar-refractivity contribution in [2.75, 3.05) is 26.3 Å². The van der Waals surface area contributed by atoms with E-state index < -0.39 is 22.2 Å². The standard InChI is InChI=1S/C18H16ClFN2O3S/c19-14-2-5-16(6-3-14)26(24)22-9-18(10-22,11-23)12-25-15-4-1-13(8-21)17(20)7-15/h1-7,23H,9-12H2. The van der Waals surface area contributed by atoms with Gasteiger partial charge in [0, 0.05) is 24.2 Å². The Balaban J connectivity index is 1.60. The summed E-state index contributed by atoms with van der Waals surface area (Å²) in [5, 5.41) is 19.0. The summed E-state index contributed by atoms with van der Waals surface area (Å²) in [6, 6.07) is 12.5. The van der Waals surface area contributed by atoms with Crippen LogP contribution in [0.2, 0.25) is 5.02 Å². The molecule has 26 heavy (non-hydrogen) atoms. The van der Waals surface area contributed by atoms with Crippen LogP contribution in [0.5, 0.6) is 5.75 Å². The fourth-order valence-corrected chi connectivity index (χ4v) is 4.24. The number of nitrogens with zero attached hydrogens (tertiary/aromatic N) is 2. The smallest absolute Gasteiger partial charge is 0.144 e. The average Bonchev–Trinajstić information content (AvgIpc) is 2.61. The SMILES string of the molecule is N#Cc1ccc(OCC2(CO)CN(S(=O)c3ccc(Cl)cc3)C2)cc1F. The van der Waals surface area contributed by atoms with E-state index in [1.54, 1.807) is 34.6 Å². The second-order valence-corrected chi connectivity index (χ2v) is 8.12. The Hall–Kier alpha value is -1.98. The third-order valence-corrected chi connectivity index (χ3v) is 5.87. The lowest BCUT2D eigenvalue weighted by Gasteiger charge is -2.47. The summed E-state index contributed by atoms with van der Waals surface area (Å²) < 4.78 is 33.5. The van der Waals surface area contributed by atoms with E-state index in [0.717, 1.165) is 6.07 Å². The number of hydrogen-bond acceptors (Lipinski definition) is 4. The maximum Gasteiger partial charge on any atom is 0.144 e. The van der Waals surface area contributed by atoms with E-state index in [0.29, 0.717) is 23.0 Å². The maximum atomic E-state index is 13.6. The van der Waals surface area contributed by atoms with Gasteiger partial charge in [-0.05, 0) is 36.4 Å². The van der Waals surface area contributed by atoms with Crippen LogP contribution in [0.1, 0.15) is 5.56 Å². The normalized spacial score (nSPS) is 17.2. The molecule has 0 aromatic heterocycles. The molecule has 1 atom stereocenters. The Kier molecular flexibility index (Phi) is 5.58. The Morgan fingerprint density at radius 1 is 1.31 bits per heavy atom. The Morgan fingerprint density at radius 3 is 2.58 bits per heavy atom. The molecule has 1 N–H and O–H groups in total. The highest BCUT2D eigenvalue weighted by Gasteiger charge is 2.46. The second kappa shape index (κ2) is 7.72. The van der Waals surface area contributed by atoms with Crippen LogP contribution < -0.4 is 4.74 Å². The van der Waals surface area contributed by atoms with Gasteiger partial charge in [-0.15, -0.1) is 0 Å². The first-order chi connectivity index (χ1) is 12.5. The van der Waals surface area contributed by atoms with Crippen LogP contribution in [0.4, 0.5) is 4.39 Å². The van der Waals surface area contributed by atoms with Crippen LogP contribution in [-0.2, 0) is 11.0 Å². The van der Waals surface area contributed by atoms with Crippen LogP contribution in [-0.4, -0.2) is 39.9 Å². The van der Waals surface area contributed by atoms with Crippen molar-refractivity contribution >= 4 is 22.6 Å². The van der Waals surface area contributed by atoms with Gasteiger partial charge in [0.15, 0.2) is 0 Å². The van der Waals surface area contributed by atoms with Crippen LogP contribution >= 0.6 is 11.6 Å². The predicted molar refractivity (Wildman–Crippen MR) is 95.6 cm³/mol. The lowest BCUT2D eigenvalue weighted by molar-refractivity contribution is -0.0250. The van der Waals surface area contributed by atoms with Crippen LogP contribution in [0.15, 0.2) is 47.4 Å². The lowest BCUT2D eigenvalue weighted by atomic mass is 9.83. The molecule has 0 saturated carbocycles. The van der Waals surface area contributed by atoms with Crippen molar-refractivity contribution in [1.29, 1.82) is 5.26 Å². The summed E-state index contributed by atoms with van der Waals surface area (Å²) in [5.74, 6) is -0.367. The predicted octanol–water partition coefficient (Wildman–Crippen LogP) is 2.75. The highest BCUT2D eigenvalue weighted by Crippen LogP contribution is 2.34. The van der Waals surface area contributed by atoms with Crippen molar-refractivity contribution in [3.05, 3.63) is 58.9 Å². The third kappa shape index (κ3) is 3.89. The first-order valence-corrected chi connectivity index (χ1v) is 9.30. The average molecular weight is 395 g/mol. The van der Waals surface area contributed by atoms with Gasteiger partial charge in [0.1, 0.15) is 28.6 Å². The van der Waals surface area contributed by atoms with Gasteiger partial charge >= 0.3 is 0 Å². The van der Waals surface area contributed by atoms with Crippen molar-refractivity contribution in [2.45, 2.75) is 4.90 Å². The highest BCUT2D eigenvalue weighted by atomic mass is 35.5. The molecule has 1 unspecified atom stereocenters. The van der Waals surface area contributed by atoms with Gasteiger partial charge in [-0.25, -0.2) is 12.9 Å². The minimum Gasteiger partial charge on any atom is -0.493 e. The molecule has 1 fully saturated rings. The molecular weight excluding hydrogens is 379 g/mol. The quantitative estimate of drug-likeness (QED) is 0.817. The number of nitriles is 1. The van der Waals surface area contributed by atoms with E-state index in [2.05, 4.69) is 0 Å². The molecule has 2 aromatic carbocycles. The molecule has 0 bridgehead atoms. The van der Waals surface area contributed by atoms with Crippen molar-refractivity contribution in [3.8, 4) is 11.8 Å². The Bertz CT molecular complexity index is 864. The van der Waals surface area contributed by atoms with E-state index in [1.165, 1.54) is 12.1 Å². The minimum atomic E-state index is -1.34. The number of rotatable bonds is 6. The van der Waals surface area contributed by atoms with Crippen LogP contribution in [0, 0.1) is 22.6 Å². The van der Waals surface area contributed by atoms with Crippen molar-refractivity contribution in [1.82, 2.24) is 4.31 Å². The molecular formula is C18H16ClFN2O3S. The molecule has 3 rings (SSSR count). The van der Waals surface area contributed by atoms with Gasteiger partial charge in [0.25, 0.3) is 0 Å². The monoisotopic (exact) mass is 394 g/mol. The molecule has 1 aliphatic rings. The molecule has 136 valence electrons. The molecule has 0 aliphatic carbocycles. The summed E-state index contributed by atoms with van der Waals surface area (Å²) >= 11 is 5.83. The lowest BCUT2D eigenvalue weighted by Crippen LogP contribution is -2.61. The van der Waals surface area contributed by atoms with Crippen molar-refractivity contribution in [3.63, 3.8) is 0 Å². The molecule has 1 heterocycles. The highest BCUT2D eigenvalue weighted by molar-refractivity contribution is 7.82. The summed E-state index contributed by atoms with van der Waals surface area (Å²) in [4.78, 5) is 0.635. The van der Waals surface area contributed by atoms with Gasteiger partial charge in [-0.2, -0.15) is 5.26 Å². The maximum absolute atomic E-state index is 13.6. The number of aliphatic hydroxyl groups is 1. The fourth-order valence-electron chi connectivity index (χ4n) is 2.67. The van der Waals surface area contributed by atoms with Gasteiger partial charge in [0.05, 0.1) is 29.1 Å². The van der Waals surface area contributed by atoms with Gasteiger partial charge in [0.2, 0.25) is 0 Å². The van der Waals surface area contributed by atoms with Gasteiger partial charge in [-0.1, -0.05) is 11.6 Å². The van der Waals surface area contributed by atoms with E-state index in [-0.39, 0.29) is 24.5 Å². The molecule has 0 spiro atoms. The van der Waals surface area contributed by atoms with Crippen LogP contribution in [0.25, 0.3) is 0 Å². The van der Waals surface area contributed by atoms with Crippen LogP contribution in [0.3, 0.4) is 0 Å². The number of aliphatic hydroxyl groups excluding tert-OH is 1. The molecule has 0 amide bonds. The van der Waals surface area contributed by atoms with E-state index in [4.69, 9.17) is 21.6 Å². The van der Waals surface area contributed by atoms with E-state index in [9.17, 15) is 13.7 Å². The first kappa shape index (κ1) is 18.8. The molecule has 1 saturated heterocycles. The zero-order valence-electron chi connectivity index (χ0n) is 13.7. The third-order valence-electron chi connectivity index (χ3n) is 4.21. The Labute approximate surface area is 158 Å². The van der Waals surface area contributed by atoms with Crippen molar-refractivity contribution in [2.24, 2.45) is 5.41 Å². The topological polar surface area (TPSA) is 73.6 Å². The molecule has 5 nitrogen and oxygen atoms in total. The molecule has 2 aromatic rings. The number of benzene rings is 2. The number of halogens is 2. The zero-order chi connectivity index (χ0) is 18.7. The largest absolute Gasteiger partial charge is 0.493 e. The number of ether oxygens (including phenoxy) is 1. The first-order valence-electron chi connectivity index (χ1n) is 7.82. The summed E-state index contributed by atoms with van der Waals surface area (Å²) in [5.41, 5.74) is -0.616. The molecule has 0 radical (unpaired) electrons. The van der Waals surface area contributed by atoms with Gasteiger partial charge < -0.3 is 9.84 Å². The molecule has 8 heteroatoms. The van der Waals surface area contributed by atoms with E-state index >= 15 is 0 Å².